The molecule has 3 atom stereocenters. The highest BCUT2D eigenvalue weighted by atomic mass is 15.1. The molecule has 102 valence electrons. The van der Waals surface area contributed by atoms with Crippen LogP contribution in [0.25, 0.3) is 0 Å². The third-order valence-electron chi connectivity index (χ3n) is 4.58. The summed E-state index contributed by atoms with van der Waals surface area (Å²) in [7, 11) is 2.31. The highest BCUT2D eigenvalue weighted by molar-refractivity contribution is 4.85. The maximum atomic E-state index is 5.88. The highest BCUT2D eigenvalue weighted by Gasteiger charge is 2.29. The van der Waals surface area contributed by atoms with Crippen LogP contribution >= 0.6 is 0 Å². The number of rotatable bonds is 8. The molecule has 1 saturated carbocycles. The number of nitrogens with zero attached hydrogens (tertiary/aromatic N) is 1. The summed E-state index contributed by atoms with van der Waals surface area (Å²) >= 11 is 0. The first-order valence-corrected chi connectivity index (χ1v) is 7.63. The maximum Gasteiger partial charge on any atom is 0.0133 e. The predicted molar refractivity (Wildman–Crippen MR) is 76.1 cm³/mol. The smallest absolute Gasteiger partial charge is 0.0133 e. The molecule has 0 bridgehead atoms. The fourth-order valence-electron chi connectivity index (χ4n) is 3.33. The van der Waals surface area contributed by atoms with Gasteiger partial charge in [0, 0.05) is 12.6 Å². The third-order valence-corrected chi connectivity index (χ3v) is 4.58. The van der Waals surface area contributed by atoms with Gasteiger partial charge < -0.3 is 10.6 Å². The predicted octanol–water partition coefficient (Wildman–Crippen LogP) is 3.26. The van der Waals surface area contributed by atoms with E-state index in [2.05, 4.69) is 25.8 Å². The number of hydrogen-bond donors (Lipinski definition) is 1. The van der Waals surface area contributed by atoms with Crippen molar-refractivity contribution in [3.63, 3.8) is 0 Å². The number of hydrogen-bond acceptors (Lipinski definition) is 2. The number of unbranched alkanes of at least 4 members (excludes halogenated alkanes) is 1. The summed E-state index contributed by atoms with van der Waals surface area (Å²) < 4.78 is 0. The fraction of sp³-hybridized carbons (Fsp3) is 1.00. The topological polar surface area (TPSA) is 29.3 Å². The average Bonchev–Trinajstić information content (AvgIpc) is 2.82. The highest BCUT2D eigenvalue weighted by Crippen LogP contribution is 2.29. The second-order valence-electron chi connectivity index (χ2n) is 5.85. The van der Waals surface area contributed by atoms with Crippen molar-refractivity contribution in [2.24, 2.45) is 17.6 Å². The lowest BCUT2D eigenvalue weighted by molar-refractivity contribution is 0.166. The van der Waals surface area contributed by atoms with E-state index in [9.17, 15) is 0 Å². The van der Waals surface area contributed by atoms with Crippen molar-refractivity contribution in [1.82, 2.24) is 4.90 Å². The van der Waals surface area contributed by atoms with E-state index >= 15 is 0 Å². The molecular weight excluding hydrogens is 208 g/mol. The summed E-state index contributed by atoms with van der Waals surface area (Å²) in [6.45, 7) is 6.78. The van der Waals surface area contributed by atoms with Gasteiger partial charge in [-0.1, -0.05) is 39.5 Å². The van der Waals surface area contributed by atoms with Gasteiger partial charge in [0.2, 0.25) is 0 Å². The quantitative estimate of drug-likeness (QED) is 0.705. The molecule has 17 heavy (non-hydrogen) atoms. The molecule has 1 aliphatic rings. The Kier molecular flexibility index (Phi) is 7.14. The van der Waals surface area contributed by atoms with Crippen molar-refractivity contribution in [1.29, 1.82) is 0 Å². The third kappa shape index (κ3) is 4.59. The number of nitrogens with two attached hydrogens (primary N) is 1. The van der Waals surface area contributed by atoms with Crippen LogP contribution in [-0.4, -0.2) is 31.1 Å². The molecule has 1 aliphatic carbocycles. The first-order chi connectivity index (χ1) is 8.22. The van der Waals surface area contributed by atoms with Gasteiger partial charge in [-0.05, 0) is 44.7 Å². The molecular formula is C15H32N2. The van der Waals surface area contributed by atoms with Gasteiger partial charge >= 0.3 is 0 Å². The molecule has 1 fully saturated rings. The largest absolute Gasteiger partial charge is 0.330 e. The molecule has 0 aromatic heterocycles. The molecule has 0 saturated heterocycles. The lowest BCUT2D eigenvalue weighted by atomic mass is 9.96. The monoisotopic (exact) mass is 240 g/mol. The van der Waals surface area contributed by atoms with Gasteiger partial charge in [0.25, 0.3) is 0 Å². The molecule has 3 unspecified atom stereocenters. The summed E-state index contributed by atoms with van der Waals surface area (Å²) in [5, 5.41) is 0. The second-order valence-corrected chi connectivity index (χ2v) is 5.85. The fourth-order valence-corrected chi connectivity index (χ4v) is 3.33. The van der Waals surface area contributed by atoms with Gasteiger partial charge in [-0.3, -0.25) is 0 Å². The maximum absolute atomic E-state index is 5.88. The first kappa shape index (κ1) is 15.0. The lowest BCUT2D eigenvalue weighted by Crippen LogP contribution is -2.40. The van der Waals surface area contributed by atoms with Crippen molar-refractivity contribution in [3.05, 3.63) is 0 Å². The van der Waals surface area contributed by atoms with Crippen LogP contribution in [0.5, 0.6) is 0 Å². The molecule has 2 N–H and O–H groups in total. The van der Waals surface area contributed by atoms with Crippen LogP contribution in [0.2, 0.25) is 0 Å². The molecule has 1 rings (SSSR count). The summed E-state index contributed by atoms with van der Waals surface area (Å²) in [5.74, 6) is 1.64. The van der Waals surface area contributed by atoms with Gasteiger partial charge in [0.05, 0.1) is 0 Å². The molecule has 0 aromatic carbocycles. The van der Waals surface area contributed by atoms with Crippen LogP contribution < -0.4 is 5.73 Å². The van der Waals surface area contributed by atoms with E-state index in [1.54, 1.807) is 0 Å². The Balaban J connectivity index is 2.37. The van der Waals surface area contributed by atoms with Crippen molar-refractivity contribution < 1.29 is 0 Å². The zero-order valence-electron chi connectivity index (χ0n) is 12.1. The van der Waals surface area contributed by atoms with Crippen molar-refractivity contribution in [3.8, 4) is 0 Å². The van der Waals surface area contributed by atoms with Crippen LogP contribution in [0.3, 0.4) is 0 Å². The minimum Gasteiger partial charge on any atom is -0.330 e. The normalized spacial score (nSPS) is 26.6. The Morgan fingerprint density at radius 1 is 1.29 bits per heavy atom. The van der Waals surface area contributed by atoms with Gasteiger partial charge in [0.1, 0.15) is 0 Å². The molecule has 0 radical (unpaired) electrons. The van der Waals surface area contributed by atoms with Crippen molar-refractivity contribution in [2.75, 3.05) is 20.1 Å². The summed E-state index contributed by atoms with van der Waals surface area (Å²) in [4.78, 5) is 2.61. The van der Waals surface area contributed by atoms with Crippen LogP contribution in [-0.2, 0) is 0 Å². The van der Waals surface area contributed by atoms with E-state index < -0.39 is 0 Å². The van der Waals surface area contributed by atoms with E-state index in [1.165, 1.54) is 51.5 Å². The Bertz CT molecular complexity index is 193. The van der Waals surface area contributed by atoms with E-state index in [-0.39, 0.29) is 0 Å². The Labute approximate surface area is 108 Å². The molecule has 0 aromatic rings. The molecule has 0 spiro atoms. The summed E-state index contributed by atoms with van der Waals surface area (Å²) in [5.41, 5.74) is 5.88. The van der Waals surface area contributed by atoms with Gasteiger partial charge in [-0.15, -0.1) is 0 Å². The average molecular weight is 240 g/mol. The van der Waals surface area contributed by atoms with Crippen LogP contribution in [0.15, 0.2) is 0 Å². The lowest BCUT2D eigenvalue weighted by Gasteiger charge is -2.32. The molecule has 2 nitrogen and oxygen atoms in total. The van der Waals surface area contributed by atoms with Gasteiger partial charge in [-0.25, -0.2) is 0 Å². The molecule has 0 aliphatic heterocycles. The van der Waals surface area contributed by atoms with Crippen LogP contribution in [0.1, 0.15) is 58.8 Å². The van der Waals surface area contributed by atoms with Crippen LogP contribution in [0, 0.1) is 11.8 Å². The molecule has 0 heterocycles. The minimum atomic E-state index is 0.753. The van der Waals surface area contributed by atoms with E-state index in [0.29, 0.717) is 0 Å². The Morgan fingerprint density at radius 3 is 2.65 bits per heavy atom. The zero-order chi connectivity index (χ0) is 12.7. The van der Waals surface area contributed by atoms with E-state index in [1.807, 2.05) is 0 Å². The second kappa shape index (κ2) is 8.10. The SMILES string of the molecule is CCCCC(CC)CN(C)C1CCCC1CN. The molecule has 2 heteroatoms. The van der Waals surface area contributed by atoms with Gasteiger partial charge in [0.15, 0.2) is 0 Å². The van der Waals surface area contributed by atoms with E-state index in [0.717, 1.165) is 24.4 Å². The Morgan fingerprint density at radius 2 is 2.06 bits per heavy atom. The molecule has 0 amide bonds. The standard InChI is InChI=1S/C15H32N2/c1-4-6-8-13(5-2)12-17(3)15-10-7-9-14(15)11-16/h13-15H,4-12,16H2,1-3H3. The first-order valence-electron chi connectivity index (χ1n) is 7.63. The summed E-state index contributed by atoms with van der Waals surface area (Å²) in [6, 6.07) is 0.760. The zero-order valence-corrected chi connectivity index (χ0v) is 12.1. The van der Waals surface area contributed by atoms with Gasteiger partial charge in [-0.2, -0.15) is 0 Å². The Hall–Kier alpha value is -0.0800. The summed E-state index contributed by atoms with van der Waals surface area (Å²) in [6.07, 6.45) is 9.52. The van der Waals surface area contributed by atoms with Crippen LogP contribution in [0.4, 0.5) is 0 Å². The van der Waals surface area contributed by atoms with Crippen molar-refractivity contribution in [2.45, 2.75) is 64.8 Å². The minimum absolute atomic E-state index is 0.753. The van der Waals surface area contributed by atoms with E-state index in [4.69, 9.17) is 5.73 Å². The van der Waals surface area contributed by atoms with Crippen molar-refractivity contribution >= 4 is 0 Å².